The Morgan fingerprint density at radius 1 is 0.673 bits per heavy atom. The number of amides is 3. The minimum absolute atomic E-state index is 0.0193. The summed E-state index contributed by atoms with van der Waals surface area (Å²) in [5.74, 6) is -0.524. The smallest absolute Gasteiger partial charge is 0.415 e. The van der Waals surface area contributed by atoms with Crippen LogP contribution in [0.4, 0.5) is 9.59 Å². The maximum Gasteiger partial charge on any atom is 0.415 e. The molecule has 1 saturated carbocycles. The number of benzene rings is 4. The van der Waals surface area contributed by atoms with Crippen LogP contribution in [-0.2, 0) is 40.3 Å². The van der Waals surface area contributed by atoms with Gasteiger partial charge in [-0.15, -0.1) is 0 Å². The lowest BCUT2D eigenvalue weighted by atomic mass is 9.91. The molecular weight excluding hydrogens is 700 g/mol. The van der Waals surface area contributed by atoms with Crippen LogP contribution in [0, 0.1) is 10.1 Å². The summed E-state index contributed by atoms with van der Waals surface area (Å²) in [4.78, 5) is 56.3. The molecule has 0 bridgehead atoms. The Morgan fingerprint density at radius 3 is 1.67 bits per heavy atom. The zero-order valence-electron chi connectivity index (χ0n) is 31.1. The van der Waals surface area contributed by atoms with Crippen LogP contribution in [0.2, 0.25) is 0 Å². The molecule has 0 heterocycles. The van der Waals surface area contributed by atoms with Gasteiger partial charge in [0.2, 0.25) is 5.91 Å². The standard InChI is InChI=1S/C43H50N4O8/c48-41(31-40(47(52)53)46(28-26-35-15-7-2-8-16-35)43(51)55-33-37-19-11-4-12-20-37)45(30-29-44(42(49)50)27-25-34-13-5-1-6-14-34)38-21-23-39(24-22-38)54-32-36-17-9-3-10-18-36/h1-20,38-40H,21-33H2,(H,49,50). The second-order valence-electron chi connectivity index (χ2n) is 13.8. The van der Waals surface area contributed by atoms with E-state index in [0.717, 1.165) is 27.2 Å². The van der Waals surface area contributed by atoms with Crippen LogP contribution in [-0.4, -0.2) is 87.3 Å². The highest BCUT2D eigenvalue weighted by molar-refractivity contribution is 5.78. The summed E-state index contributed by atoms with van der Waals surface area (Å²) in [6, 6.07) is 37.5. The number of rotatable bonds is 19. The summed E-state index contributed by atoms with van der Waals surface area (Å²) in [6.07, 6.45) is -1.00. The minimum atomic E-state index is -1.71. The van der Waals surface area contributed by atoms with Crippen LogP contribution in [0.25, 0.3) is 0 Å². The number of carbonyl (C=O) groups excluding carboxylic acids is 2. The zero-order chi connectivity index (χ0) is 38.8. The van der Waals surface area contributed by atoms with Gasteiger partial charge in [-0.1, -0.05) is 121 Å². The van der Waals surface area contributed by atoms with E-state index in [1.807, 2.05) is 97.1 Å². The van der Waals surface area contributed by atoms with E-state index in [1.54, 1.807) is 29.2 Å². The van der Waals surface area contributed by atoms with Crippen molar-refractivity contribution in [2.24, 2.45) is 0 Å². The lowest BCUT2D eigenvalue weighted by Gasteiger charge is -2.38. The molecule has 0 spiro atoms. The SMILES string of the molecule is O=C(O)N(CCc1ccccc1)CCN(C(=O)CC(N(CCc1ccccc1)C(=O)OCc1ccccc1)[N+](=O)[O-])C1CCC(OCc2ccccc2)CC1. The van der Waals surface area contributed by atoms with Gasteiger partial charge in [0.1, 0.15) is 13.0 Å². The van der Waals surface area contributed by atoms with Gasteiger partial charge in [0, 0.05) is 37.1 Å². The number of carboxylic acid groups (broad SMARTS) is 1. The normalized spacial score (nSPS) is 15.7. The number of carbonyl (C=O) groups is 3. The van der Waals surface area contributed by atoms with E-state index in [1.165, 1.54) is 4.90 Å². The summed E-state index contributed by atoms with van der Waals surface area (Å²) >= 11 is 0. The van der Waals surface area contributed by atoms with Gasteiger partial charge >= 0.3 is 18.4 Å². The van der Waals surface area contributed by atoms with Gasteiger partial charge in [0.25, 0.3) is 0 Å². The van der Waals surface area contributed by atoms with E-state index in [-0.39, 0.29) is 44.9 Å². The van der Waals surface area contributed by atoms with Crippen LogP contribution >= 0.6 is 0 Å². The molecule has 4 aromatic carbocycles. The summed E-state index contributed by atoms with van der Waals surface area (Å²) in [5.41, 5.74) is 3.64. The molecule has 1 aliphatic rings. The highest BCUT2D eigenvalue weighted by Gasteiger charge is 2.39. The number of hydrogen-bond donors (Lipinski definition) is 1. The Bertz CT molecular complexity index is 1770. The van der Waals surface area contributed by atoms with Crippen molar-refractivity contribution in [2.75, 3.05) is 26.2 Å². The first kappa shape index (κ1) is 40.4. The largest absolute Gasteiger partial charge is 0.465 e. The van der Waals surface area contributed by atoms with Crippen molar-refractivity contribution in [3.05, 3.63) is 154 Å². The summed E-state index contributed by atoms with van der Waals surface area (Å²) < 4.78 is 11.8. The molecule has 0 aliphatic heterocycles. The van der Waals surface area contributed by atoms with Crippen molar-refractivity contribution in [1.29, 1.82) is 0 Å². The van der Waals surface area contributed by atoms with Crippen LogP contribution in [0.15, 0.2) is 121 Å². The third-order valence-electron chi connectivity index (χ3n) is 10.0. The molecule has 1 atom stereocenters. The van der Waals surface area contributed by atoms with Crippen LogP contribution in [0.1, 0.15) is 54.4 Å². The fourth-order valence-electron chi connectivity index (χ4n) is 6.89. The Labute approximate surface area is 322 Å². The van der Waals surface area contributed by atoms with E-state index >= 15 is 0 Å². The Hall–Kier alpha value is -5.75. The first-order valence-corrected chi connectivity index (χ1v) is 18.9. The zero-order valence-corrected chi connectivity index (χ0v) is 31.1. The molecule has 3 amide bonds. The molecule has 1 unspecified atom stereocenters. The summed E-state index contributed by atoms with van der Waals surface area (Å²) in [6.45, 7) is 0.630. The number of ether oxygens (including phenoxy) is 2. The average Bonchev–Trinajstić information content (AvgIpc) is 3.21. The van der Waals surface area contributed by atoms with Crippen LogP contribution in [0.3, 0.4) is 0 Å². The fourth-order valence-corrected chi connectivity index (χ4v) is 6.89. The molecule has 0 aromatic heterocycles. The van der Waals surface area contributed by atoms with E-state index in [2.05, 4.69) is 0 Å². The highest BCUT2D eigenvalue weighted by atomic mass is 16.6. The number of hydrogen-bond acceptors (Lipinski definition) is 7. The fraction of sp³-hybridized carbons (Fsp3) is 0.372. The molecule has 55 heavy (non-hydrogen) atoms. The molecule has 12 heteroatoms. The Morgan fingerprint density at radius 2 is 1.16 bits per heavy atom. The Kier molecular flexibility index (Phi) is 15.6. The molecule has 5 rings (SSSR count). The second-order valence-corrected chi connectivity index (χ2v) is 13.8. The van der Waals surface area contributed by atoms with Gasteiger partial charge in [0.05, 0.1) is 12.7 Å². The van der Waals surface area contributed by atoms with E-state index < -0.39 is 35.6 Å². The molecular formula is C43H50N4O8. The topological polar surface area (TPSA) is 143 Å². The quantitative estimate of drug-likeness (QED) is 0.0592. The van der Waals surface area contributed by atoms with Crippen LogP contribution < -0.4 is 0 Å². The first-order chi connectivity index (χ1) is 26.8. The number of nitro groups is 1. The third-order valence-corrected chi connectivity index (χ3v) is 10.0. The molecule has 1 N–H and O–H groups in total. The molecule has 4 aromatic rings. The monoisotopic (exact) mass is 750 g/mol. The molecule has 0 saturated heterocycles. The highest BCUT2D eigenvalue weighted by Crippen LogP contribution is 2.27. The van der Waals surface area contributed by atoms with E-state index in [0.29, 0.717) is 45.1 Å². The molecule has 1 aliphatic carbocycles. The summed E-state index contributed by atoms with van der Waals surface area (Å²) in [7, 11) is 0. The minimum Gasteiger partial charge on any atom is -0.465 e. The van der Waals surface area contributed by atoms with E-state index in [9.17, 15) is 29.6 Å². The van der Waals surface area contributed by atoms with Crippen molar-refractivity contribution >= 4 is 18.1 Å². The molecule has 1 fully saturated rings. The predicted molar refractivity (Wildman–Crippen MR) is 208 cm³/mol. The molecule has 290 valence electrons. The van der Waals surface area contributed by atoms with Crippen molar-refractivity contribution in [1.82, 2.24) is 14.7 Å². The lowest BCUT2D eigenvalue weighted by molar-refractivity contribution is -0.545. The molecule has 12 nitrogen and oxygen atoms in total. The van der Waals surface area contributed by atoms with Gasteiger partial charge < -0.3 is 24.4 Å². The average molecular weight is 751 g/mol. The maximum atomic E-state index is 14.3. The summed E-state index contributed by atoms with van der Waals surface area (Å²) in [5, 5.41) is 22.9. The van der Waals surface area contributed by atoms with Gasteiger partial charge in [-0.25, -0.2) is 14.5 Å². The van der Waals surface area contributed by atoms with Crippen LogP contribution in [0.5, 0.6) is 0 Å². The first-order valence-electron chi connectivity index (χ1n) is 18.9. The van der Waals surface area contributed by atoms with Crippen molar-refractivity contribution < 1.29 is 33.9 Å². The van der Waals surface area contributed by atoms with Gasteiger partial charge in [-0.05, 0) is 60.8 Å². The van der Waals surface area contributed by atoms with E-state index in [4.69, 9.17) is 9.47 Å². The predicted octanol–water partition coefficient (Wildman–Crippen LogP) is 7.44. The van der Waals surface area contributed by atoms with Gasteiger partial charge in [0.15, 0.2) is 0 Å². The second kappa shape index (κ2) is 21.2. The Balaban J connectivity index is 1.32. The third kappa shape index (κ3) is 13.0. The van der Waals surface area contributed by atoms with Crippen molar-refractivity contribution in [2.45, 2.75) is 76.5 Å². The number of nitrogens with zero attached hydrogens (tertiary/aromatic N) is 4. The maximum absolute atomic E-state index is 14.3. The lowest BCUT2D eigenvalue weighted by Crippen LogP contribution is -2.52. The van der Waals surface area contributed by atoms with Crippen molar-refractivity contribution in [3.63, 3.8) is 0 Å². The van der Waals surface area contributed by atoms with Crippen molar-refractivity contribution in [3.8, 4) is 0 Å². The van der Waals surface area contributed by atoms with Gasteiger partial charge in [-0.2, -0.15) is 0 Å². The van der Waals surface area contributed by atoms with Gasteiger partial charge in [-0.3, -0.25) is 14.9 Å². The molecule has 0 radical (unpaired) electrons.